The minimum Gasteiger partial charge on any atom is -0.506 e. The van der Waals surface area contributed by atoms with E-state index in [2.05, 4.69) is 15.6 Å². The van der Waals surface area contributed by atoms with Crippen LogP contribution in [-0.2, 0) is 17.9 Å². The molecule has 0 fully saturated rings. The number of rotatable bonds is 6. The van der Waals surface area contributed by atoms with Gasteiger partial charge in [0.2, 0.25) is 5.91 Å². The summed E-state index contributed by atoms with van der Waals surface area (Å²) in [6.07, 6.45) is 1.53. The molecule has 0 spiro atoms. The molecule has 6 nitrogen and oxygen atoms in total. The summed E-state index contributed by atoms with van der Waals surface area (Å²) >= 11 is 0. The molecule has 6 heteroatoms. The van der Waals surface area contributed by atoms with Crippen LogP contribution < -0.4 is 10.6 Å². The molecule has 0 saturated heterocycles. The van der Waals surface area contributed by atoms with Crippen molar-refractivity contribution in [3.8, 4) is 5.75 Å². The smallest absolute Gasteiger partial charge is 0.233 e. The molecular weight excluding hydrogens is 234 g/mol. The summed E-state index contributed by atoms with van der Waals surface area (Å²) < 4.78 is 0. The van der Waals surface area contributed by atoms with Crippen LogP contribution in [0.15, 0.2) is 6.20 Å². The molecule has 4 N–H and O–H groups in total. The van der Waals surface area contributed by atoms with E-state index < -0.39 is 0 Å². The van der Waals surface area contributed by atoms with Gasteiger partial charge in [-0.2, -0.15) is 0 Å². The van der Waals surface area contributed by atoms with E-state index in [-0.39, 0.29) is 24.8 Å². The van der Waals surface area contributed by atoms with Crippen molar-refractivity contribution >= 4 is 5.91 Å². The van der Waals surface area contributed by atoms with Crippen molar-refractivity contribution < 1.29 is 15.0 Å². The number of aryl methyl sites for hydroxylation is 1. The molecular formula is C12H19N3O3. The molecule has 0 atom stereocenters. The van der Waals surface area contributed by atoms with Crippen molar-refractivity contribution in [1.29, 1.82) is 0 Å². The van der Waals surface area contributed by atoms with Gasteiger partial charge in [-0.3, -0.25) is 9.78 Å². The van der Waals surface area contributed by atoms with Gasteiger partial charge in [0.1, 0.15) is 5.75 Å². The second-order valence-corrected chi connectivity index (χ2v) is 3.91. The number of nitrogens with one attached hydrogen (secondary N) is 2. The van der Waals surface area contributed by atoms with Gasteiger partial charge >= 0.3 is 0 Å². The summed E-state index contributed by atoms with van der Waals surface area (Å²) in [6.45, 7) is 4.40. The molecule has 18 heavy (non-hydrogen) atoms. The molecule has 1 aromatic heterocycles. The summed E-state index contributed by atoms with van der Waals surface area (Å²) in [5.41, 5.74) is 1.64. The molecule has 0 radical (unpaired) electrons. The van der Waals surface area contributed by atoms with Crippen molar-refractivity contribution in [3.63, 3.8) is 0 Å². The number of likely N-dealkylation sites (N-methyl/N-ethyl adjacent to an activating group) is 1. The first-order valence-corrected chi connectivity index (χ1v) is 5.84. The highest BCUT2D eigenvalue weighted by atomic mass is 16.3. The van der Waals surface area contributed by atoms with Crippen LogP contribution in [0.2, 0.25) is 0 Å². The molecule has 1 rings (SSSR count). The molecule has 100 valence electrons. The van der Waals surface area contributed by atoms with Gasteiger partial charge in [0.25, 0.3) is 0 Å². The molecule has 1 amide bonds. The predicted molar refractivity (Wildman–Crippen MR) is 67.0 cm³/mol. The summed E-state index contributed by atoms with van der Waals surface area (Å²) in [4.78, 5) is 15.2. The maximum Gasteiger partial charge on any atom is 0.233 e. The number of aliphatic hydroxyl groups excluding tert-OH is 1. The Morgan fingerprint density at radius 1 is 1.50 bits per heavy atom. The Morgan fingerprint density at radius 2 is 2.22 bits per heavy atom. The highest BCUT2D eigenvalue weighted by Crippen LogP contribution is 2.23. The Morgan fingerprint density at radius 3 is 2.83 bits per heavy atom. The molecule has 1 aromatic rings. The van der Waals surface area contributed by atoms with E-state index in [1.807, 2.05) is 6.92 Å². The average Bonchev–Trinajstić information content (AvgIpc) is 2.35. The van der Waals surface area contributed by atoms with Crippen molar-refractivity contribution in [3.05, 3.63) is 23.0 Å². The first-order chi connectivity index (χ1) is 8.60. The third-order valence-corrected chi connectivity index (χ3v) is 2.56. The number of pyridine rings is 1. The quantitative estimate of drug-likeness (QED) is 0.564. The van der Waals surface area contributed by atoms with Gasteiger partial charge in [-0.25, -0.2) is 0 Å². The van der Waals surface area contributed by atoms with E-state index in [9.17, 15) is 9.90 Å². The van der Waals surface area contributed by atoms with E-state index in [0.29, 0.717) is 29.9 Å². The summed E-state index contributed by atoms with van der Waals surface area (Å²) in [7, 11) is 0. The standard InChI is InChI=1S/C12H19N3O3/c1-3-14-11(17)6-13-5-10-9(7-16)4-15-8(2)12(10)18/h4,13,16,18H,3,5-7H2,1-2H3,(H,14,17). The van der Waals surface area contributed by atoms with Crippen LogP contribution in [0.3, 0.4) is 0 Å². The third-order valence-electron chi connectivity index (χ3n) is 2.56. The number of aromatic nitrogens is 1. The van der Waals surface area contributed by atoms with Gasteiger partial charge in [0.05, 0.1) is 18.8 Å². The molecule has 0 aliphatic heterocycles. The van der Waals surface area contributed by atoms with Crippen LogP contribution in [0, 0.1) is 6.92 Å². The van der Waals surface area contributed by atoms with Gasteiger partial charge in [0.15, 0.2) is 0 Å². The molecule has 0 saturated carbocycles. The number of nitrogens with zero attached hydrogens (tertiary/aromatic N) is 1. The minimum absolute atomic E-state index is 0.0601. The zero-order chi connectivity index (χ0) is 13.5. The lowest BCUT2D eigenvalue weighted by atomic mass is 10.1. The van der Waals surface area contributed by atoms with Crippen molar-refractivity contribution in [2.24, 2.45) is 0 Å². The van der Waals surface area contributed by atoms with Crippen LogP contribution in [-0.4, -0.2) is 34.2 Å². The fourth-order valence-electron chi connectivity index (χ4n) is 1.58. The number of carbonyl (C=O) groups is 1. The maximum atomic E-state index is 11.2. The van der Waals surface area contributed by atoms with Gasteiger partial charge < -0.3 is 20.8 Å². The van der Waals surface area contributed by atoms with E-state index >= 15 is 0 Å². The highest BCUT2D eigenvalue weighted by molar-refractivity contribution is 5.77. The fourth-order valence-corrected chi connectivity index (χ4v) is 1.58. The summed E-state index contributed by atoms with van der Waals surface area (Å²) in [6, 6.07) is 0. The SMILES string of the molecule is CCNC(=O)CNCc1c(CO)cnc(C)c1O. The molecule has 0 unspecified atom stereocenters. The highest BCUT2D eigenvalue weighted by Gasteiger charge is 2.11. The molecule has 0 bridgehead atoms. The minimum atomic E-state index is -0.195. The van der Waals surface area contributed by atoms with Gasteiger partial charge in [-0.05, 0) is 13.8 Å². The Balaban J connectivity index is 2.66. The number of aliphatic hydroxyl groups is 1. The zero-order valence-electron chi connectivity index (χ0n) is 10.7. The van der Waals surface area contributed by atoms with E-state index in [1.54, 1.807) is 6.92 Å². The van der Waals surface area contributed by atoms with Gasteiger partial charge in [-0.15, -0.1) is 0 Å². The normalized spacial score (nSPS) is 10.4. The first kappa shape index (κ1) is 14.4. The van der Waals surface area contributed by atoms with Crippen LogP contribution in [0.1, 0.15) is 23.7 Å². The van der Waals surface area contributed by atoms with Crippen molar-refractivity contribution in [2.45, 2.75) is 27.0 Å². The van der Waals surface area contributed by atoms with Gasteiger partial charge in [-0.1, -0.05) is 0 Å². The van der Waals surface area contributed by atoms with E-state index in [1.165, 1.54) is 6.20 Å². The van der Waals surface area contributed by atoms with Crippen LogP contribution >= 0.6 is 0 Å². The van der Waals surface area contributed by atoms with Crippen molar-refractivity contribution in [1.82, 2.24) is 15.6 Å². The number of aromatic hydroxyl groups is 1. The van der Waals surface area contributed by atoms with Crippen molar-refractivity contribution in [2.75, 3.05) is 13.1 Å². The molecule has 0 aliphatic carbocycles. The predicted octanol–water partition coefficient (Wildman–Crippen LogP) is -0.186. The van der Waals surface area contributed by atoms with Gasteiger partial charge in [0, 0.05) is 30.4 Å². The van der Waals surface area contributed by atoms with Crippen LogP contribution in [0.5, 0.6) is 5.75 Å². The summed E-state index contributed by atoms with van der Waals surface area (Å²) in [5, 5.41) is 24.6. The lowest BCUT2D eigenvalue weighted by Crippen LogP contribution is -2.33. The Labute approximate surface area is 106 Å². The molecule has 1 heterocycles. The fraction of sp³-hybridized carbons (Fsp3) is 0.500. The molecule has 0 aliphatic rings. The lowest BCUT2D eigenvalue weighted by Gasteiger charge is -2.12. The second-order valence-electron chi connectivity index (χ2n) is 3.91. The maximum absolute atomic E-state index is 11.2. The molecule has 0 aromatic carbocycles. The van der Waals surface area contributed by atoms with Crippen LogP contribution in [0.4, 0.5) is 0 Å². The number of amides is 1. The lowest BCUT2D eigenvalue weighted by molar-refractivity contribution is -0.120. The Bertz CT molecular complexity index is 421. The number of hydrogen-bond donors (Lipinski definition) is 4. The second kappa shape index (κ2) is 6.93. The monoisotopic (exact) mass is 253 g/mol. The topological polar surface area (TPSA) is 94.5 Å². The first-order valence-electron chi connectivity index (χ1n) is 5.84. The van der Waals surface area contributed by atoms with E-state index in [0.717, 1.165) is 0 Å². The third kappa shape index (κ3) is 3.68. The Kier molecular flexibility index (Phi) is 5.54. The Hall–Kier alpha value is -1.66. The average molecular weight is 253 g/mol. The summed E-state index contributed by atoms with van der Waals surface area (Å²) in [5.74, 6) is -0.0433. The number of hydrogen-bond acceptors (Lipinski definition) is 5. The number of carbonyl (C=O) groups excluding carboxylic acids is 1. The largest absolute Gasteiger partial charge is 0.506 e. The zero-order valence-corrected chi connectivity index (χ0v) is 10.7. The van der Waals surface area contributed by atoms with E-state index in [4.69, 9.17) is 5.11 Å². The van der Waals surface area contributed by atoms with Crippen LogP contribution in [0.25, 0.3) is 0 Å².